The van der Waals surface area contributed by atoms with Crippen molar-refractivity contribution in [3.63, 3.8) is 0 Å². The summed E-state index contributed by atoms with van der Waals surface area (Å²) in [7, 11) is 1.41. The first-order valence-electron chi connectivity index (χ1n) is 2.83. The number of hydrogen-bond donors (Lipinski definition) is 1. The van der Waals surface area contributed by atoms with Gasteiger partial charge >= 0.3 is 6.18 Å². The molecule has 0 aromatic heterocycles. The van der Waals surface area contributed by atoms with E-state index in [1.54, 1.807) is 0 Å². The van der Waals surface area contributed by atoms with Crippen molar-refractivity contribution in [2.45, 2.75) is 12.6 Å². The summed E-state index contributed by atoms with van der Waals surface area (Å²) < 4.78 is 34.6. The molecule has 0 aliphatic heterocycles. The minimum Gasteiger partial charge on any atom is -0.392 e. The molecule has 0 unspecified atom stereocenters. The van der Waals surface area contributed by atoms with E-state index in [2.05, 4.69) is 11.9 Å². The summed E-state index contributed by atoms with van der Waals surface area (Å²) >= 11 is 0. The van der Waals surface area contributed by atoms with Gasteiger partial charge in [0, 0.05) is 12.7 Å². The molecule has 11 heavy (non-hydrogen) atoms. The van der Waals surface area contributed by atoms with E-state index < -0.39 is 18.4 Å². The Balaban J connectivity index is 3.99. The highest BCUT2D eigenvalue weighted by molar-refractivity contribution is 5.85. The quantitative estimate of drug-likeness (QED) is 0.685. The Labute approximate surface area is 62.1 Å². The van der Waals surface area contributed by atoms with Crippen LogP contribution in [0.2, 0.25) is 0 Å². The monoisotopic (exact) mass is 167 g/mol. The Morgan fingerprint density at radius 1 is 1.55 bits per heavy atom. The largest absolute Gasteiger partial charge is 0.450 e. The number of alkyl halides is 3. The number of nitrogens with one attached hydrogen (secondary N) is 1. The van der Waals surface area contributed by atoms with Gasteiger partial charge in [0.25, 0.3) is 0 Å². The average Bonchev–Trinajstić information content (AvgIpc) is 1.85. The molecule has 64 valence electrons. The molecule has 0 saturated heterocycles. The summed E-state index contributed by atoms with van der Waals surface area (Å²) in [6, 6.07) is 0. The molecular formula is C6H8F3NO. The second-order valence-electron chi connectivity index (χ2n) is 1.95. The molecule has 1 N–H and O–H groups in total. The summed E-state index contributed by atoms with van der Waals surface area (Å²) in [5, 5.41) is 2.35. The van der Waals surface area contributed by atoms with Crippen LogP contribution in [0.4, 0.5) is 13.2 Å². The molecule has 5 heteroatoms. The minimum absolute atomic E-state index is 0.0623. The summed E-state index contributed by atoms with van der Waals surface area (Å²) in [5.74, 6) is -1.78. The fraction of sp³-hybridized carbons (Fsp3) is 0.500. The second-order valence-corrected chi connectivity index (χ2v) is 1.95. The molecule has 0 fully saturated rings. The molecule has 0 aromatic carbocycles. The van der Waals surface area contributed by atoms with E-state index in [0.717, 1.165) is 0 Å². The van der Waals surface area contributed by atoms with E-state index in [1.165, 1.54) is 7.05 Å². The van der Waals surface area contributed by atoms with Gasteiger partial charge in [-0.3, -0.25) is 4.79 Å². The van der Waals surface area contributed by atoms with Crippen LogP contribution >= 0.6 is 0 Å². The summed E-state index contributed by atoms with van der Waals surface area (Å²) in [6.45, 7) is 3.19. The highest BCUT2D eigenvalue weighted by Crippen LogP contribution is 2.18. The van der Waals surface area contributed by atoms with Crippen molar-refractivity contribution in [2.75, 3.05) is 7.05 Å². The lowest BCUT2D eigenvalue weighted by Gasteiger charge is -2.05. The molecule has 0 radical (unpaired) electrons. The maximum Gasteiger partial charge on any atom is 0.450 e. The molecule has 0 rings (SSSR count). The van der Waals surface area contributed by atoms with Crippen LogP contribution in [0.15, 0.2) is 12.3 Å². The van der Waals surface area contributed by atoms with Crippen molar-refractivity contribution in [2.24, 2.45) is 0 Å². The zero-order valence-corrected chi connectivity index (χ0v) is 5.96. The van der Waals surface area contributed by atoms with Gasteiger partial charge in [-0.15, -0.1) is 0 Å². The number of Topliss-reactive ketones (excluding diaryl/α,β-unsaturated/α-hetero) is 1. The zero-order chi connectivity index (χ0) is 9.07. The molecule has 0 atom stereocenters. The Morgan fingerprint density at radius 3 is 2.27 bits per heavy atom. The molecule has 0 heterocycles. The van der Waals surface area contributed by atoms with E-state index >= 15 is 0 Å². The van der Waals surface area contributed by atoms with Gasteiger partial charge in [0.15, 0.2) is 0 Å². The fourth-order valence-electron chi connectivity index (χ4n) is 0.382. The molecule has 0 aliphatic rings. The van der Waals surface area contributed by atoms with E-state index in [9.17, 15) is 18.0 Å². The first-order chi connectivity index (χ1) is 4.88. The lowest BCUT2D eigenvalue weighted by molar-refractivity contribution is -0.170. The van der Waals surface area contributed by atoms with Crippen molar-refractivity contribution in [1.29, 1.82) is 0 Å². The van der Waals surface area contributed by atoms with Gasteiger partial charge in [-0.05, 0) is 0 Å². The summed E-state index contributed by atoms with van der Waals surface area (Å²) in [6.07, 6.45) is -5.44. The van der Waals surface area contributed by atoms with Crippen molar-refractivity contribution in [3.8, 4) is 0 Å². The van der Waals surface area contributed by atoms with Crippen LogP contribution < -0.4 is 5.32 Å². The lowest BCUT2D eigenvalue weighted by Crippen LogP contribution is -2.24. The van der Waals surface area contributed by atoms with Crippen LogP contribution in [-0.2, 0) is 4.79 Å². The second kappa shape index (κ2) is 3.41. The minimum atomic E-state index is -4.75. The molecule has 0 amide bonds. The third-order valence-electron chi connectivity index (χ3n) is 1.04. The van der Waals surface area contributed by atoms with E-state index in [4.69, 9.17) is 0 Å². The smallest absolute Gasteiger partial charge is 0.392 e. The van der Waals surface area contributed by atoms with Gasteiger partial charge in [0.1, 0.15) is 0 Å². The number of carbonyl (C=O) groups excluding carboxylic acids is 1. The molecule has 0 saturated carbocycles. The van der Waals surface area contributed by atoms with Crippen LogP contribution in [0.25, 0.3) is 0 Å². The predicted octanol–water partition coefficient (Wildman–Crippen LogP) is 1.24. The third kappa shape index (κ3) is 3.64. The van der Waals surface area contributed by atoms with Crippen molar-refractivity contribution < 1.29 is 18.0 Å². The molecule has 0 bridgehead atoms. The van der Waals surface area contributed by atoms with Crippen LogP contribution in [0, 0.1) is 0 Å². The van der Waals surface area contributed by atoms with Gasteiger partial charge < -0.3 is 5.32 Å². The maximum atomic E-state index is 11.5. The van der Waals surface area contributed by atoms with Gasteiger partial charge in [-0.25, -0.2) is 0 Å². The molecule has 0 aromatic rings. The van der Waals surface area contributed by atoms with Gasteiger partial charge in [-0.1, -0.05) is 6.58 Å². The van der Waals surface area contributed by atoms with Crippen LogP contribution in [0.1, 0.15) is 6.42 Å². The number of hydrogen-bond acceptors (Lipinski definition) is 2. The molecule has 2 nitrogen and oxygen atoms in total. The van der Waals surface area contributed by atoms with Crippen LogP contribution in [0.5, 0.6) is 0 Å². The average molecular weight is 167 g/mol. The Morgan fingerprint density at radius 2 is 2.00 bits per heavy atom. The lowest BCUT2D eigenvalue weighted by atomic mass is 10.2. The number of halogens is 3. The van der Waals surface area contributed by atoms with Crippen LogP contribution in [-0.4, -0.2) is 19.0 Å². The topological polar surface area (TPSA) is 29.1 Å². The van der Waals surface area contributed by atoms with Gasteiger partial charge in [0.2, 0.25) is 5.78 Å². The Kier molecular flexibility index (Phi) is 3.10. The predicted molar refractivity (Wildman–Crippen MR) is 33.9 cm³/mol. The SMILES string of the molecule is C=C(CC(=O)C(F)(F)F)NC. The van der Waals surface area contributed by atoms with E-state index in [-0.39, 0.29) is 5.70 Å². The number of rotatable bonds is 3. The standard InChI is InChI=1S/C6H8F3NO/c1-4(10-2)3-5(11)6(7,8)9/h10H,1,3H2,2H3. The maximum absolute atomic E-state index is 11.5. The normalized spacial score (nSPS) is 10.9. The Bertz CT molecular complexity index is 173. The summed E-state index contributed by atoms with van der Waals surface area (Å²) in [4.78, 5) is 10.2. The van der Waals surface area contributed by atoms with Crippen molar-refractivity contribution >= 4 is 5.78 Å². The fourth-order valence-corrected chi connectivity index (χ4v) is 0.382. The first-order valence-corrected chi connectivity index (χ1v) is 2.83. The van der Waals surface area contributed by atoms with Crippen molar-refractivity contribution in [3.05, 3.63) is 12.3 Å². The highest BCUT2D eigenvalue weighted by Gasteiger charge is 2.37. The molecular weight excluding hydrogens is 159 g/mol. The third-order valence-corrected chi connectivity index (χ3v) is 1.04. The molecule has 0 aliphatic carbocycles. The number of allylic oxidation sites excluding steroid dienone is 1. The zero-order valence-electron chi connectivity index (χ0n) is 5.96. The Hall–Kier alpha value is -1.00. The van der Waals surface area contributed by atoms with Gasteiger partial charge in [-0.2, -0.15) is 13.2 Å². The van der Waals surface area contributed by atoms with Crippen LogP contribution in [0.3, 0.4) is 0 Å². The van der Waals surface area contributed by atoms with E-state index in [0.29, 0.717) is 0 Å². The summed E-state index contributed by atoms with van der Waals surface area (Å²) in [5.41, 5.74) is 0.0623. The van der Waals surface area contributed by atoms with E-state index in [1.807, 2.05) is 0 Å². The van der Waals surface area contributed by atoms with Crippen molar-refractivity contribution in [1.82, 2.24) is 5.32 Å². The highest BCUT2D eigenvalue weighted by atomic mass is 19.4. The number of ketones is 1. The van der Waals surface area contributed by atoms with Gasteiger partial charge in [0.05, 0.1) is 6.42 Å². The molecule has 0 spiro atoms. The first kappa shape index (κ1) is 10.0. The number of carbonyl (C=O) groups is 1.